The van der Waals surface area contributed by atoms with Crippen LogP contribution in [-0.4, -0.2) is 45.3 Å². The van der Waals surface area contributed by atoms with Crippen LogP contribution in [0.3, 0.4) is 0 Å². The summed E-state index contributed by atoms with van der Waals surface area (Å²) < 4.78 is 7.86. The lowest BCUT2D eigenvalue weighted by molar-refractivity contribution is -0.117. The van der Waals surface area contributed by atoms with Crippen LogP contribution in [0.5, 0.6) is 5.75 Å². The molecule has 0 radical (unpaired) electrons. The number of anilines is 2. The van der Waals surface area contributed by atoms with Gasteiger partial charge in [0, 0.05) is 25.5 Å². The molecule has 1 aromatic carbocycles. The quantitative estimate of drug-likeness (QED) is 0.708. The lowest BCUT2D eigenvalue weighted by Crippen LogP contribution is -2.28. The minimum Gasteiger partial charge on any atom is -0.495 e. The Morgan fingerprint density at radius 1 is 1.17 bits per heavy atom. The molecule has 2 aromatic heterocycles. The van der Waals surface area contributed by atoms with Crippen LogP contribution in [-0.2, 0) is 11.3 Å². The van der Waals surface area contributed by atoms with Crippen molar-refractivity contribution in [3.05, 3.63) is 47.1 Å². The topological polar surface area (TPSA) is 93.8 Å². The van der Waals surface area contributed by atoms with Crippen LogP contribution in [0.25, 0.3) is 5.65 Å². The first-order valence-corrected chi connectivity index (χ1v) is 9.79. The maximum absolute atomic E-state index is 12.8. The van der Waals surface area contributed by atoms with Gasteiger partial charge in [0.2, 0.25) is 11.6 Å². The molecule has 1 amide bonds. The minimum absolute atomic E-state index is 0.196. The number of methoxy groups -OCH3 is 1. The maximum atomic E-state index is 12.8. The Balaban J connectivity index is 1.59. The van der Waals surface area contributed by atoms with E-state index in [1.165, 1.54) is 29.0 Å². The number of fused-ring (bicyclic) bond motifs is 1. The fraction of sp³-hybridized carbons (Fsp3) is 0.400. The summed E-state index contributed by atoms with van der Waals surface area (Å²) >= 11 is 0. The molecule has 0 aliphatic carbocycles. The van der Waals surface area contributed by atoms with Crippen molar-refractivity contribution < 1.29 is 9.53 Å². The first-order valence-electron chi connectivity index (χ1n) is 9.79. The summed E-state index contributed by atoms with van der Waals surface area (Å²) in [6, 6.07) is 7.11. The summed E-state index contributed by atoms with van der Waals surface area (Å²) in [5, 5.41) is 7.18. The zero-order chi connectivity index (χ0) is 20.2. The predicted octanol–water partition coefficient (Wildman–Crippen LogP) is 1.92. The highest BCUT2D eigenvalue weighted by Gasteiger charge is 2.19. The second-order valence-corrected chi connectivity index (χ2v) is 7.03. The minimum atomic E-state index is -0.367. The van der Waals surface area contributed by atoms with Crippen LogP contribution in [0.2, 0.25) is 0 Å². The molecule has 1 fully saturated rings. The Bertz CT molecular complexity index is 1070. The number of hydrogen-bond donors (Lipinski definition) is 1. The van der Waals surface area contributed by atoms with Gasteiger partial charge in [0.15, 0.2) is 5.82 Å². The first-order chi connectivity index (χ1) is 14.2. The third-order valence-electron chi connectivity index (χ3n) is 5.06. The molecule has 0 unspecified atom stereocenters. The Hall–Kier alpha value is -3.36. The number of carbonyl (C=O) groups is 1. The summed E-state index contributed by atoms with van der Waals surface area (Å²) in [5.41, 5.74) is 0.655. The summed E-state index contributed by atoms with van der Waals surface area (Å²) in [6.07, 6.45) is 7.77. The lowest BCUT2D eigenvalue weighted by atomic mass is 10.2. The van der Waals surface area contributed by atoms with Gasteiger partial charge in [-0.05, 0) is 25.0 Å². The van der Waals surface area contributed by atoms with E-state index in [1.54, 1.807) is 30.6 Å². The number of nitrogens with one attached hydrogen (secondary N) is 1. The molecular formula is C20H24N6O3. The van der Waals surface area contributed by atoms with E-state index in [0.29, 0.717) is 22.9 Å². The van der Waals surface area contributed by atoms with E-state index in [4.69, 9.17) is 4.74 Å². The van der Waals surface area contributed by atoms with E-state index in [-0.39, 0.29) is 18.1 Å². The van der Waals surface area contributed by atoms with Gasteiger partial charge < -0.3 is 15.0 Å². The van der Waals surface area contributed by atoms with Gasteiger partial charge in [-0.15, -0.1) is 5.10 Å². The number of amides is 1. The Morgan fingerprint density at radius 2 is 1.93 bits per heavy atom. The SMILES string of the molecule is COc1ccccc1NC(=O)Cn1nc2c(N3CCCCCC3)nccn2c1=O. The van der Waals surface area contributed by atoms with Gasteiger partial charge in [0.1, 0.15) is 12.3 Å². The van der Waals surface area contributed by atoms with Crippen molar-refractivity contribution in [2.75, 3.05) is 30.4 Å². The highest BCUT2D eigenvalue weighted by atomic mass is 16.5. The summed E-state index contributed by atoms with van der Waals surface area (Å²) in [6.45, 7) is 1.59. The molecule has 0 bridgehead atoms. The molecule has 0 saturated carbocycles. The predicted molar refractivity (Wildman–Crippen MR) is 110 cm³/mol. The first kappa shape index (κ1) is 19.0. The highest BCUT2D eigenvalue weighted by molar-refractivity contribution is 5.92. The molecule has 152 valence electrons. The van der Waals surface area contributed by atoms with Crippen molar-refractivity contribution in [2.24, 2.45) is 0 Å². The molecule has 3 heterocycles. The molecule has 4 rings (SSSR count). The van der Waals surface area contributed by atoms with E-state index < -0.39 is 0 Å². The standard InChI is InChI=1S/C20H24N6O3/c1-29-16-9-5-4-8-15(16)22-17(27)14-26-20(28)25-13-10-21-18(19(25)23-26)24-11-6-2-3-7-12-24/h4-5,8-10,13H,2-3,6-7,11-12,14H2,1H3,(H,22,27). The number of carbonyl (C=O) groups excluding carboxylic acids is 1. The third kappa shape index (κ3) is 3.94. The monoisotopic (exact) mass is 396 g/mol. The van der Waals surface area contributed by atoms with Crippen molar-refractivity contribution in [1.29, 1.82) is 0 Å². The maximum Gasteiger partial charge on any atom is 0.350 e. The van der Waals surface area contributed by atoms with Gasteiger partial charge in [-0.2, -0.15) is 0 Å². The van der Waals surface area contributed by atoms with Gasteiger partial charge in [-0.1, -0.05) is 25.0 Å². The number of hydrogen-bond acceptors (Lipinski definition) is 6. The molecule has 29 heavy (non-hydrogen) atoms. The molecule has 1 aliphatic heterocycles. The van der Waals surface area contributed by atoms with Crippen LogP contribution < -0.4 is 20.6 Å². The molecule has 9 nitrogen and oxygen atoms in total. The smallest absolute Gasteiger partial charge is 0.350 e. The van der Waals surface area contributed by atoms with Crippen molar-refractivity contribution in [3.63, 3.8) is 0 Å². The van der Waals surface area contributed by atoms with Gasteiger partial charge in [-0.3, -0.25) is 4.79 Å². The van der Waals surface area contributed by atoms with Crippen molar-refractivity contribution in [3.8, 4) is 5.75 Å². The van der Waals surface area contributed by atoms with Crippen LogP contribution in [0.15, 0.2) is 41.5 Å². The second kappa shape index (κ2) is 8.34. The number of rotatable bonds is 5. The van der Waals surface area contributed by atoms with Crippen LogP contribution in [0.4, 0.5) is 11.5 Å². The number of ether oxygens (including phenoxy) is 1. The molecule has 3 aromatic rings. The number of benzene rings is 1. The molecule has 1 N–H and O–H groups in total. The van der Waals surface area contributed by atoms with Crippen LogP contribution in [0.1, 0.15) is 25.7 Å². The summed E-state index contributed by atoms with van der Waals surface area (Å²) in [4.78, 5) is 31.9. The lowest BCUT2D eigenvalue weighted by Gasteiger charge is -2.20. The van der Waals surface area contributed by atoms with Crippen molar-refractivity contribution >= 4 is 23.1 Å². The Kier molecular flexibility index (Phi) is 5.46. The third-order valence-corrected chi connectivity index (χ3v) is 5.06. The zero-order valence-electron chi connectivity index (χ0n) is 16.4. The fourth-order valence-electron chi connectivity index (χ4n) is 3.62. The van der Waals surface area contributed by atoms with Gasteiger partial charge in [0.05, 0.1) is 12.8 Å². The van der Waals surface area contributed by atoms with E-state index in [0.717, 1.165) is 25.9 Å². The van der Waals surface area contributed by atoms with E-state index in [1.807, 2.05) is 6.07 Å². The number of nitrogens with zero attached hydrogens (tertiary/aromatic N) is 5. The molecule has 0 spiro atoms. The fourth-order valence-corrected chi connectivity index (χ4v) is 3.62. The molecule has 1 saturated heterocycles. The van der Waals surface area contributed by atoms with Gasteiger partial charge in [-0.25, -0.2) is 18.9 Å². The average molecular weight is 396 g/mol. The van der Waals surface area contributed by atoms with Crippen LogP contribution >= 0.6 is 0 Å². The highest BCUT2D eigenvalue weighted by Crippen LogP contribution is 2.23. The van der Waals surface area contributed by atoms with Gasteiger partial charge >= 0.3 is 5.69 Å². The zero-order valence-corrected chi connectivity index (χ0v) is 16.4. The van der Waals surface area contributed by atoms with E-state index >= 15 is 0 Å². The normalized spacial score (nSPS) is 14.6. The molecule has 9 heteroatoms. The molecular weight excluding hydrogens is 372 g/mol. The summed E-state index contributed by atoms with van der Waals surface area (Å²) in [5.74, 6) is 0.885. The van der Waals surface area contributed by atoms with Crippen molar-refractivity contribution in [1.82, 2.24) is 19.2 Å². The average Bonchev–Trinajstić information content (AvgIpc) is 2.90. The van der Waals surface area contributed by atoms with E-state index in [9.17, 15) is 9.59 Å². The molecule has 0 atom stereocenters. The Labute approximate surface area is 167 Å². The van der Waals surface area contributed by atoms with Gasteiger partial charge in [0.25, 0.3) is 0 Å². The van der Waals surface area contributed by atoms with Crippen molar-refractivity contribution in [2.45, 2.75) is 32.2 Å². The Morgan fingerprint density at radius 3 is 2.69 bits per heavy atom. The largest absolute Gasteiger partial charge is 0.495 e. The van der Waals surface area contributed by atoms with E-state index in [2.05, 4.69) is 20.3 Å². The number of para-hydroxylation sites is 2. The molecule has 1 aliphatic rings. The number of aromatic nitrogens is 4. The second-order valence-electron chi connectivity index (χ2n) is 7.03. The van der Waals surface area contributed by atoms with Crippen LogP contribution in [0, 0.1) is 0 Å². The summed E-state index contributed by atoms with van der Waals surface area (Å²) in [7, 11) is 1.54.